The van der Waals surface area contributed by atoms with Crippen molar-refractivity contribution in [3.63, 3.8) is 0 Å². The van der Waals surface area contributed by atoms with E-state index in [-0.39, 0.29) is 11.9 Å². The number of carbonyl (C=O) groups excluding carboxylic acids is 1. The Morgan fingerprint density at radius 1 is 1.16 bits per heavy atom. The molecule has 4 heteroatoms. The van der Waals surface area contributed by atoms with Gasteiger partial charge in [-0.2, -0.15) is 0 Å². The first kappa shape index (κ1) is 11.8. The normalized spacial score (nSPS) is 18.5. The van der Waals surface area contributed by atoms with Crippen molar-refractivity contribution in [3.8, 4) is 0 Å². The van der Waals surface area contributed by atoms with E-state index in [2.05, 4.69) is 9.97 Å². The quantitative estimate of drug-likeness (QED) is 0.826. The fourth-order valence-corrected chi connectivity index (χ4v) is 2.58. The molecule has 1 unspecified atom stereocenters. The third-order valence-electron chi connectivity index (χ3n) is 3.49. The van der Waals surface area contributed by atoms with Crippen molar-refractivity contribution in [3.05, 3.63) is 60.2 Å². The van der Waals surface area contributed by atoms with E-state index in [0.717, 1.165) is 24.9 Å². The molecule has 0 aliphatic carbocycles. The van der Waals surface area contributed by atoms with Crippen molar-refractivity contribution in [1.82, 2.24) is 14.9 Å². The fourth-order valence-electron chi connectivity index (χ4n) is 2.58. The first-order valence-electron chi connectivity index (χ1n) is 6.48. The Kier molecular flexibility index (Phi) is 3.23. The molecule has 1 aliphatic heterocycles. The molecule has 1 atom stereocenters. The van der Waals surface area contributed by atoms with Crippen LogP contribution in [0.4, 0.5) is 0 Å². The second kappa shape index (κ2) is 5.18. The minimum absolute atomic E-state index is 0.0138. The summed E-state index contributed by atoms with van der Waals surface area (Å²) in [4.78, 5) is 22.6. The van der Waals surface area contributed by atoms with Crippen molar-refractivity contribution in [1.29, 1.82) is 0 Å². The number of likely N-dealkylation sites (tertiary alicyclic amines) is 1. The Balaban J connectivity index is 1.86. The predicted molar refractivity (Wildman–Crippen MR) is 71.5 cm³/mol. The Morgan fingerprint density at radius 2 is 2.00 bits per heavy atom. The molecule has 0 radical (unpaired) electrons. The number of hydrogen-bond acceptors (Lipinski definition) is 3. The van der Waals surface area contributed by atoms with Gasteiger partial charge >= 0.3 is 0 Å². The summed E-state index contributed by atoms with van der Waals surface area (Å²) < 4.78 is 0. The van der Waals surface area contributed by atoms with Gasteiger partial charge in [-0.1, -0.05) is 6.07 Å². The van der Waals surface area contributed by atoms with Crippen LogP contribution < -0.4 is 0 Å². The number of nitrogens with zero attached hydrogens (tertiary/aromatic N) is 3. The Bertz CT molecular complexity index is 556. The molecule has 1 aliphatic rings. The summed E-state index contributed by atoms with van der Waals surface area (Å²) >= 11 is 0. The van der Waals surface area contributed by atoms with Gasteiger partial charge in [0.2, 0.25) is 0 Å². The van der Waals surface area contributed by atoms with Gasteiger partial charge in [0, 0.05) is 25.1 Å². The van der Waals surface area contributed by atoms with E-state index < -0.39 is 0 Å². The van der Waals surface area contributed by atoms with Crippen LogP contribution in [-0.4, -0.2) is 27.3 Å². The second-order valence-corrected chi connectivity index (χ2v) is 4.65. The first-order chi connectivity index (χ1) is 9.36. The van der Waals surface area contributed by atoms with E-state index in [0.29, 0.717) is 5.69 Å². The van der Waals surface area contributed by atoms with Gasteiger partial charge in [0.05, 0.1) is 6.04 Å². The number of aromatic nitrogens is 2. The summed E-state index contributed by atoms with van der Waals surface area (Å²) in [5.41, 5.74) is 1.67. The van der Waals surface area contributed by atoms with Crippen LogP contribution in [0.1, 0.15) is 34.9 Å². The molecule has 19 heavy (non-hydrogen) atoms. The maximum atomic E-state index is 12.5. The highest BCUT2D eigenvalue weighted by atomic mass is 16.2. The lowest BCUT2D eigenvalue weighted by molar-refractivity contribution is 0.0729. The van der Waals surface area contributed by atoms with Gasteiger partial charge in [-0.3, -0.25) is 14.8 Å². The van der Waals surface area contributed by atoms with Crippen molar-refractivity contribution in [2.75, 3.05) is 6.54 Å². The number of rotatable bonds is 2. The van der Waals surface area contributed by atoms with E-state index in [9.17, 15) is 4.79 Å². The Morgan fingerprint density at radius 3 is 2.74 bits per heavy atom. The molecule has 3 heterocycles. The van der Waals surface area contributed by atoms with E-state index in [4.69, 9.17) is 0 Å². The lowest BCUT2D eigenvalue weighted by Gasteiger charge is -2.24. The number of amides is 1. The van der Waals surface area contributed by atoms with Crippen LogP contribution in [0.5, 0.6) is 0 Å². The van der Waals surface area contributed by atoms with Gasteiger partial charge in [0.1, 0.15) is 5.69 Å². The van der Waals surface area contributed by atoms with Crippen molar-refractivity contribution in [2.24, 2.45) is 0 Å². The first-order valence-corrected chi connectivity index (χ1v) is 6.48. The third kappa shape index (κ3) is 2.34. The lowest BCUT2D eigenvalue weighted by Crippen LogP contribution is -2.31. The van der Waals surface area contributed by atoms with Crippen LogP contribution in [0, 0.1) is 0 Å². The number of pyridine rings is 2. The van der Waals surface area contributed by atoms with Gasteiger partial charge in [-0.15, -0.1) is 0 Å². The second-order valence-electron chi connectivity index (χ2n) is 4.65. The molecule has 0 aromatic carbocycles. The molecule has 96 valence electrons. The summed E-state index contributed by atoms with van der Waals surface area (Å²) in [6, 6.07) is 9.55. The van der Waals surface area contributed by atoms with Gasteiger partial charge in [-0.05, 0) is 42.7 Å². The molecular formula is C15H15N3O. The Hall–Kier alpha value is -2.23. The van der Waals surface area contributed by atoms with Crippen LogP contribution in [0.3, 0.4) is 0 Å². The van der Waals surface area contributed by atoms with Gasteiger partial charge in [-0.25, -0.2) is 0 Å². The summed E-state index contributed by atoms with van der Waals surface area (Å²) in [5, 5.41) is 0. The highest BCUT2D eigenvalue weighted by Crippen LogP contribution is 2.32. The zero-order chi connectivity index (χ0) is 13.1. The van der Waals surface area contributed by atoms with E-state index in [1.165, 1.54) is 0 Å². The smallest absolute Gasteiger partial charge is 0.272 e. The van der Waals surface area contributed by atoms with E-state index in [1.54, 1.807) is 24.7 Å². The molecule has 1 fully saturated rings. The maximum Gasteiger partial charge on any atom is 0.272 e. The molecule has 3 rings (SSSR count). The molecule has 1 amide bonds. The van der Waals surface area contributed by atoms with E-state index in [1.807, 2.05) is 29.2 Å². The number of hydrogen-bond donors (Lipinski definition) is 0. The Labute approximate surface area is 112 Å². The summed E-state index contributed by atoms with van der Waals surface area (Å²) in [6.07, 6.45) is 7.24. The molecule has 4 nitrogen and oxygen atoms in total. The third-order valence-corrected chi connectivity index (χ3v) is 3.49. The van der Waals surface area contributed by atoms with Crippen LogP contribution in [0.25, 0.3) is 0 Å². The van der Waals surface area contributed by atoms with Crippen molar-refractivity contribution in [2.45, 2.75) is 18.9 Å². The zero-order valence-electron chi connectivity index (χ0n) is 10.6. The van der Waals surface area contributed by atoms with Crippen LogP contribution in [0.15, 0.2) is 48.9 Å². The average molecular weight is 253 g/mol. The lowest BCUT2D eigenvalue weighted by atomic mass is 10.1. The SMILES string of the molecule is O=C(c1ccccn1)N1CCCC1c1ccncc1. The average Bonchev–Trinajstić information content (AvgIpc) is 2.98. The van der Waals surface area contributed by atoms with Gasteiger partial charge in [0.15, 0.2) is 0 Å². The van der Waals surface area contributed by atoms with E-state index >= 15 is 0 Å². The number of carbonyl (C=O) groups is 1. The van der Waals surface area contributed by atoms with Gasteiger partial charge < -0.3 is 4.90 Å². The van der Waals surface area contributed by atoms with Crippen molar-refractivity contribution < 1.29 is 4.79 Å². The molecule has 0 bridgehead atoms. The standard InChI is InChI=1S/C15H15N3O/c19-15(13-4-1-2-8-17-13)18-11-3-5-14(18)12-6-9-16-10-7-12/h1-2,4,6-10,14H,3,5,11H2. The van der Waals surface area contributed by atoms with Crippen molar-refractivity contribution >= 4 is 5.91 Å². The minimum atomic E-state index is 0.0138. The molecular weight excluding hydrogens is 238 g/mol. The molecule has 1 saturated heterocycles. The molecule has 0 spiro atoms. The molecule has 0 N–H and O–H groups in total. The zero-order valence-corrected chi connectivity index (χ0v) is 10.6. The van der Waals surface area contributed by atoms with Crippen LogP contribution in [0.2, 0.25) is 0 Å². The van der Waals surface area contributed by atoms with Gasteiger partial charge in [0.25, 0.3) is 5.91 Å². The fraction of sp³-hybridized carbons (Fsp3) is 0.267. The summed E-state index contributed by atoms with van der Waals surface area (Å²) in [6.45, 7) is 0.794. The summed E-state index contributed by atoms with van der Waals surface area (Å²) in [5.74, 6) is 0.0138. The molecule has 2 aromatic heterocycles. The predicted octanol–water partition coefficient (Wildman–Crippen LogP) is 2.45. The van der Waals surface area contributed by atoms with Crippen LogP contribution in [-0.2, 0) is 0 Å². The maximum absolute atomic E-state index is 12.5. The molecule has 2 aromatic rings. The molecule has 0 saturated carbocycles. The summed E-state index contributed by atoms with van der Waals surface area (Å²) in [7, 11) is 0. The monoisotopic (exact) mass is 253 g/mol. The highest BCUT2D eigenvalue weighted by molar-refractivity contribution is 5.92. The highest BCUT2D eigenvalue weighted by Gasteiger charge is 2.30. The minimum Gasteiger partial charge on any atom is -0.330 e. The largest absolute Gasteiger partial charge is 0.330 e. The topological polar surface area (TPSA) is 46.1 Å². The van der Waals surface area contributed by atoms with Crippen LogP contribution >= 0.6 is 0 Å².